The molecule has 0 aliphatic rings. The predicted molar refractivity (Wildman–Crippen MR) is 140 cm³/mol. The molecule has 0 atom stereocenters. The summed E-state index contributed by atoms with van der Waals surface area (Å²) in [7, 11) is 6.01. The van der Waals surface area contributed by atoms with Crippen molar-refractivity contribution in [3.05, 3.63) is 73.3 Å². The van der Waals surface area contributed by atoms with Crippen molar-refractivity contribution in [2.45, 2.75) is 0 Å². The van der Waals surface area contributed by atoms with Gasteiger partial charge in [-0.05, 0) is 56.1 Å². The number of amides is 1. The molecule has 0 saturated heterocycles. The normalized spacial score (nSPS) is 11.0. The smallest absolute Gasteiger partial charge is 0.247 e. The molecule has 4 rings (SSSR count). The van der Waals surface area contributed by atoms with Gasteiger partial charge in [0.2, 0.25) is 11.9 Å². The largest absolute Gasteiger partial charge is 0.372 e. The molecule has 4 aromatic rings. The average molecular weight is 474 g/mol. The molecule has 0 saturated carbocycles. The van der Waals surface area contributed by atoms with Crippen LogP contribution < -0.4 is 15.5 Å². The van der Waals surface area contributed by atoms with Crippen LogP contribution in [-0.4, -0.2) is 60.0 Å². The number of hydrogen-bond donors (Lipinski definition) is 3. The van der Waals surface area contributed by atoms with Crippen LogP contribution in [0.2, 0.25) is 0 Å². The SMILES string of the molecule is C=CC(=O)Nc1cc(Nc2ncc3[nH]cc(-c4cccc(F)c4)c3n2)ccc1N(C)CCN(C)C. The van der Waals surface area contributed by atoms with Crippen LogP contribution in [0.4, 0.5) is 27.4 Å². The lowest BCUT2D eigenvalue weighted by atomic mass is 10.1. The first-order valence-corrected chi connectivity index (χ1v) is 11.1. The summed E-state index contributed by atoms with van der Waals surface area (Å²) in [6, 6.07) is 12.1. The highest BCUT2D eigenvalue weighted by molar-refractivity contribution is 6.01. The van der Waals surface area contributed by atoms with Crippen LogP contribution in [-0.2, 0) is 4.79 Å². The summed E-state index contributed by atoms with van der Waals surface area (Å²) in [5, 5.41) is 6.09. The maximum absolute atomic E-state index is 13.8. The van der Waals surface area contributed by atoms with Gasteiger partial charge < -0.3 is 25.4 Å². The highest BCUT2D eigenvalue weighted by atomic mass is 19.1. The van der Waals surface area contributed by atoms with Crippen molar-refractivity contribution < 1.29 is 9.18 Å². The maximum Gasteiger partial charge on any atom is 0.247 e. The van der Waals surface area contributed by atoms with Crippen LogP contribution in [0.1, 0.15) is 0 Å². The Morgan fingerprint density at radius 2 is 2.00 bits per heavy atom. The molecule has 3 N–H and O–H groups in total. The van der Waals surface area contributed by atoms with Gasteiger partial charge in [0, 0.05) is 37.6 Å². The lowest BCUT2D eigenvalue weighted by molar-refractivity contribution is -0.111. The lowest BCUT2D eigenvalue weighted by Crippen LogP contribution is -2.29. The van der Waals surface area contributed by atoms with Gasteiger partial charge in [0.15, 0.2) is 0 Å². The molecule has 180 valence electrons. The highest BCUT2D eigenvalue weighted by Crippen LogP contribution is 2.31. The van der Waals surface area contributed by atoms with Crippen molar-refractivity contribution in [3.63, 3.8) is 0 Å². The Hall–Kier alpha value is -4.24. The lowest BCUT2D eigenvalue weighted by Gasteiger charge is -2.24. The third-order valence-corrected chi connectivity index (χ3v) is 5.54. The average Bonchev–Trinajstić information content (AvgIpc) is 3.26. The van der Waals surface area contributed by atoms with Crippen LogP contribution in [0.25, 0.3) is 22.2 Å². The van der Waals surface area contributed by atoms with Gasteiger partial charge in [-0.15, -0.1) is 0 Å². The molecule has 35 heavy (non-hydrogen) atoms. The minimum atomic E-state index is -0.311. The Bertz CT molecular complexity index is 1370. The molecule has 9 heteroatoms. The van der Waals surface area contributed by atoms with Crippen LogP contribution in [0.5, 0.6) is 0 Å². The summed E-state index contributed by atoms with van der Waals surface area (Å²) < 4.78 is 13.8. The fourth-order valence-electron chi connectivity index (χ4n) is 3.68. The van der Waals surface area contributed by atoms with Crippen LogP contribution in [0.15, 0.2) is 67.5 Å². The van der Waals surface area contributed by atoms with E-state index in [9.17, 15) is 9.18 Å². The minimum Gasteiger partial charge on any atom is -0.372 e. The second kappa shape index (κ2) is 10.4. The summed E-state index contributed by atoms with van der Waals surface area (Å²) in [6.07, 6.45) is 4.71. The van der Waals surface area contributed by atoms with Crippen molar-refractivity contribution in [3.8, 4) is 11.1 Å². The van der Waals surface area contributed by atoms with Crippen molar-refractivity contribution in [1.29, 1.82) is 0 Å². The van der Waals surface area contributed by atoms with Crippen molar-refractivity contribution in [2.24, 2.45) is 0 Å². The number of aromatic nitrogens is 3. The summed E-state index contributed by atoms with van der Waals surface area (Å²) in [5.74, 6) is -0.229. The molecule has 1 amide bonds. The van der Waals surface area contributed by atoms with Gasteiger partial charge in [0.25, 0.3) is 0 Å². The number of anilines is 4. The first kappa shape index (κ1) is 23.9. The second-order valence-corrected chi connectivity index (χ2v) is 8.44. The summed E-state index contributed by atoms with van der Waals surface area (Å²) in [6.45, 7) is 5.20. The molecule has 0 unspecified atom stereocenters. The van der Waals surface area contributed by atoms with Gasteiger partial charge in [-0.25, -0.2) is 14.4 Å². The number of nitrogens with one attached hydrogen (secondary N) is 3. The Morgan fingerprint density at radius 1 is 1.17 bits per heavy atom. The van der Waals surface area contributed by atoms with Crippen molar-refractivity contribution in [2.75, 3.05) is 49.8 Å². The second-order valence-electron chi connectivity index (χ2n) is 8.44. The summed E-state index contributed by atoms with van der Waals surface area (Å²) >= 11 is 0. The first-order valence-electron chi connectivity index (χ1n) is 11.1. The maximum atomic E-state index is 13.8. The molecule has 2 aromatic heterocycles. The van der Waals surface area contributed by atoms with E-state index in [1.165, 1.54) is 18.2 Å². The van der Waals surface area contributed by atoms with E-state index in [0.717, 1.165) is 35.4 Å². The number of benzene rings is 2. The number of H-pyrrole nitrogens is 1. The van der Waals surface area contributed by atoms with Gasteiger partial charge >= 0.3 is 0 Å². The number of aromatic amines is 1. The van der Waals surface area contributed by atoms with E-state index in [2.05, 4.69) is 42.0 Å². The molecule has 0 spiro atoms. The zero-order valence-electron chi connectivity index (χ0n) is 20.0. The molecule has 0 bridgehead atoms. The van der Waals surface area contributed by atoms with E-state index in [1.807, 2.05) is 45.4 Å². The monoisotopic (exact) mass is 473 g/mol. The fourth-order valence-corrected chi connectivity index (χ4v) is 3.68. The molecule has 8 nitrogen and oxygen atoms in total. The van der Waals surface area contributed by atoms with Crippen LogP contribution >= 0.6 is 0 Å². The summed E-state index contributed by atoms with van der Waals surface area (Å²) in [5.41, 5.74) is 5.14. The number of nitrogens with zero attached hydrogens (tertiary/aromatic N) is 4. The van der Waals surface area contributed by atoms with Crippen molar-refractivity contribution >= 4 is 40.0 Å². The topological polar surface area (TPSA) is 89.2 Å². The van der Waals surface area contributed by atoms with Gasteiger partial charge in [0.1, 0.15) is 11.3 Å². The Balaban J connectivity index is 1.64. The molecular weight excluding hydrogens is 445 g/mol. The van der Waals surface area contributed by atoms with E-state index in [1.54, 1.807) is 18.5 Å². The Morgan fingerprint density at radius 3 is 2.74 bits per heavy atom. The number of carbonyl (C=O) groups excluding carboxylic acids is 1. The third-order valence-electron chi connectivity index (χ3n) is 5.54. The molecule has 0 radical (unpaired) electrons. The minimum absolute atomic E-state index is 0.297. The third kappa shape index (κ3) is 5.64. The quantitative estimate of drug-likeness (QED) is 0.307. The number of likely N-dealkylation sites (N-methyl/N-ethyl adjacent to an activating group) is 2. The zero-order valence-corrected chi connectivity index (χ0v) is 20.0. The Kier molecular flexibility index (Phi) is 7.07. The van der Waals surface area contributed by atoms with Gasteiger partial charge in [-0.1, -0.05) is 18.7 Å². The molecular formula is C26H28FN7O. The van der Waals surface area contributed by atoms with E-state index < -0.39 is 0 Å². The molecule has 0 fully saturated rings. The number of carbonyl (C=O) groups is 1. The number of fused-ring (bicyclic) bond motifs is 1. The molecule has 2 heterocycles. The molecule has 2 aromatic carbocycles. The van der Waals surface area contributed by atoms with Gasteiger partial charge in [0.05, 0.1) is 23.1 Å². The molecule has 0 aliphatic carbocycles. The molecule has 0 aliphatic heterocycles. The van der Waals surface area contributed by atoms with E-state index in [0.29, 0.717) is 22.8 Å². The van der Waals surface area contributed by atoms with Crippen LogP contribution in [0.3, 0.4) is 0 Å². The van der Waals surface area contributed by atoms with E-state index in [4.69, 9.17) is 0 Å². The summed E-state index contributed by atoms with van der Waals surface area (Å²) in [4.78, 5) is 28.4. The van der Waals surface area contributed by atoms with Crippen molar-refractivity contribution in [1.82, 2.24) is 19.9 Å². The number of halogens is 1. The van der Waals surface area contributed by atoms with E-state index >= 15 is 0 Å². The fraction of sp³-hybridized carbons (Fsp3) is 0.192. The van der Waals surface area contributed by atoms with Gasteiger partial charge in [-0.3, -0.25) is 4.79 Å². The number of hydrogen-bond acceptors (Lipinski definition) is 6. The Labute approximate surface area is 203 Å². The van der Waals surface area contributed by atoms with Gasteiger partial charge in [-0.2, -0.15) is 0 Å². The standard InChI is InChI=1S/C26H28FN7O/c1-5-24(35)31-21-14-19(9-10-23(21)34(4)12-11-33(2)3)30-26-29-16-22-25(32-26)20(15-28-22)17-7-6-8-18(27)13-17/h5-10,13-16,28H,1,11-12H2,2-4H3,(H,31,35)(H,29,30,32). The predicted octanol–water partition coefficient (Wildman–Crippen LogP) is 4.63. The number of rotatable bonds is 9. The first-order chi connectivity index (χ1) is 16.8. The van der Waals surface area contributed by atoms with E-state index in [-0.39, 0.29) is 11.7 Å². The highest BCUT2D eigenvalue weighted by Gasteiger charge is 2.13. The van der Waals surface area contributed by atoms with Crippen LogP contribution in [0, 0.1) is 5.82 Å². The zero-order chi connectivity index (χ0) is 24.9.